The van der Waals surface area contributed by atoms with Crippen LogP contribution in [-0.2, 0) is 18.9 Å². The summed E-state index contributed by atoms with van der Waals surface area (Å²) in [7, 11) is 3.05. The van der Waals surface area contributed by atoms with Gasteiger partial charge < -0.3 is 15.6 Å². The smallest absolute Gasteiger partial charge is 0.332 e. The summed E-state index contributed by atoms with van der Waals surface area (Å²) in [6, 6.07) is 0. The molecule has 0 unspecified atom stereocenters. The van der Waals surface area contributed by atoms with Crippen molar-refractivity contribution in [3.63, 3.8) is 0 Å². The van der Waals surface area contributed by atoms with Gasteiger partial charge in [0, 0.05) is 27.2 Å². The van der Waals surface area contributed by atoms with E-state index in [2.05, 4.69) is 14.9 Å². The molecule has 0 spiro atoms. The second-order valence-electron chi connectivity index (χ2n) is 7.90. The van der Waals surface area contributed by atoms with Gasteiger partial charge in [-0.1, -0.05) is 6.42 Å². The Morgan fingerprint density at radius 3 is 2.29 bits per heavy atom. The summed E-state index contributed by atoms with van der Waals surface area (Å²) in [5, 5.41) is 0. The number of nitrogens with two attached hydrogens (primary N) is 1. The number of rotatable bonds is 3. The highest BCUT2D eigenvalue weighted by atomic mass is 16.2. The second kappa shape index (κ2) is 6.77. The van der Waals surface area contributed by atoms with Gasteiger partial charge in [-0.25, -0.2) is 4.79 Å². The standard InChI is InChI=1S/C18H27N7O3/c1-22-13-12(14(26)23(2)17(22)28)20-16(21-13)24-10-6-18(7-11-24,15(19)27)25-8-4-3-5-9-25/h3-11H2,1-2H3,(H2,19,27)(H,20,21). The molecule has 2 aliphatic heterocycles. The van der Waals surface area contributed by atoms with E-state index in [9.17, 15) is 14.4 Å². The molecule has 2 aromatic rings. The van der Waals surface area contributed by atoms with E-state index >= 15 is 0 Å². The first-order chi connectivity index (χ1) is 13.3. The average molecular weight is 389 g/mol. The Labute approximate surface area is 161 Å². The van der Waals surface area contributed by atoms with Crippen molar-refractivity contribution in [3.8, 4) is 0 Å². The van der Waals surface area contributed by atoms with E-state index in [4.69, 9.17) is 5.73 Å². The van der Waals surface area contributed by atoms with Crippen molar-refractivity contribution < 1.29 is 4.79 Å². The lowest BCUT2D eigenvalue weighted by molar-refractivity contribution is -0.132. The molecule has 4 heterocycles. The predicted octanol–water partition coefficient (Wildman–Crippen LogP) is -0.729. The number of fused-ring (bicyclic) bond motifs is 1. The number of primary amides is 1. The van der Waals surface area contributed by atoms with Crippen molar-refractivity contribution >= 4 is 23.0 Å². The van der Waals surface area contributed by atoms with Gasteiger partial charge in [-0.3, -0.25) is 23.6 Å². The third kappa shape index (κ3) is 2.74. The SMILES string of the molecule is Cn1c(=O)c2[nH]c(N3CCC(C(N)=O)(N4CCCCC4)CC3)nc2n(C)c1=O. The molecule has 0 radical (unpaired) electrons. The number of anilines is 1. The molecule has 2 aromatic heterocycles. The second-order valence-corrected chi connectivity index (χ2v) is 7.90. The van der Waals surface area contributed by atoms with Crippen molar-refractivity contribution in [2.45, 2.75) is 37.6 Å². The van der Waals surface area contributed by atoms with Gasteiger partial charge in [0.15, 0.2) is 11.2 Å². The van der Waals surface area contributed by atoms with E-state index in [0.29, 0.717) is 43.0 Å². The molecule has 0 aliphatic carbocycles. The van der Waals surface area contributed by atoms with E-state index in [1.807, 2.05) is 4.90 Å². The number of aromatic nitrogens is 4. The van der Waals surface area contributed by atoms with E-state index < -0.39 is 16.8 Å². The van der Waals surface area contributed by atoms with Crippen LogP contribution in [0.5, 0.6) is 0 Å². The van der Waals surface area contributed by atoms with Crippen LogP contribution in [-0.4, -0.2) is 61.6 Å². The molecule has 2 saturated heterocycles. The number of nitrogens with zero attached hydrogens (tertiary/aromatic N) is 5. The van der Waals surface area contributed by atoms with Crippen molar-refractivity contribution in [1.82, 2.24) is 24.0 Å². The molecule has 10 nitrogen and oxygen atoms in total. The van der Waals surface area contributed by atoms with Gasteiger partial charge in [0.05, 0.1) is 0 Å². The molecule has 152 valence electrons. The van der Waals surface area contributed by atoms with Crippen molar-refractivity contribution in [2.75, 3.05) is 31.1 Å². The van der Waals surface area contributed by atoms with E-state index in [0.717, 1.165) is 30.5 Å². The lowest BCUT2D eigenvalue weighted by Crippen LogP contribution is -2.63. The molecular formula is C18H27N7O3. The van der Waals surface area contributed by atoms with Crippen molar-refractivity contribution in [3.05, 3.63) is 20.8 Å². The summed E-state index contributed by atoms with van der Waals surface area (Å²) in [6.07, 6.45) is 4.63. The van der Waals surface area contributed by atoms with Gasteiger partial charge in [0.25, 0.3) is 5.56 Å². The van der Waals surface area contributed by atoms with Crippen LogP contribution in [0, 0.1) is 0 Å². The zero-order chi connectivity index (χ0) is 20.1. The summed E-state index contributed by atoms with van der Waals surface area (Å²) < 4.78 is 2.43. The van der Waals surface area contributed by atoms with Crippen molar-refractivity contribution in [2.24, 2.45) is 19.8 Å². The molecule has 3 N–H and O–H groups in total. The highest BCUT2D eigenvalue weighted by molar-refractivity contribution is 5.85. The lowest BCUT2D eigenvalue weighted by atomic mass is 9.83. The number of aryl methyl sites for hydroxylation is 1. The first-order valence-electron chi connectivity index (χ1n) is 9.81. The van der Waals surface area contributed by atoms with E-state index in [1.165, 1.54) is 18.0 Å². The van der Waals surface area contributed by atoms with Gasteiger partial charge in [-0.05, 0) is 38.8 Å². The number of imidazole rings is 1. The van der Waals surface area contributed by atoms with Crippen molar-refractivity contribution in [1.29, 1.82) is 0 Å². The number of hydrogen-bond acceptors (Lipinski definition) is 6. The zero-order valence-electron chi connectivity index (χ0n) is 16.4. The number of nitrogens with one attached hydrogen (secondary N) is 1. The number of aromatic amines is 1. The van der Waals surface area contributed by atoms with Gasteiger partial charge >= 0.3 is 5.69 Å². The van der Waals surface area contributed by atoms with E-state index in [-0.39, 0.29) is 5.91 Å². The molecule has 2 aliphatic rings. The Hall–Kier alpha value is -2.62. The van der Waals surface area contributed by atoms with Crippen LogP contribution in [0.25, 0.3) is 11.2 Å². The highest BCUT2D eigenvalue weighted by Crippen LogP contribution is 2.32. The molecule has 10 heteroatoms. The number of hydrogen-bond donors (Lipinski definition) is 2. The summed E-state index contributed by atoms with van der Waals surface area (Å²) in [5.74, 6) is 0.292. The molecule has 2 fully saturated rings. The van der Waals surface area contributed by atoms with Crippen LogP contribution in [0.3, 0.4) is 0 Å². The molecule has 0 bridgehead atoms. The lowest BCUT2D eigenvalue weighted by Gasteiger charge is -2.48. The average Bonchev–Trinajstić information content (AvgIpc) is 3.17. The summed E-state index contributed by atoms with van der Waals surface area (Å²) in [6.45, 7) is 3.03. The Balaban J connectivity index is 1.62. The molecule has 28 heavy (non-hydrogen) atoms. The monoisotopic (exact) mass is 389 g/mol. The van der Waals surface area contributed by atoms with Gasteiger partial charge in [-0.15, -0.1) is 0 Å². The topological polar surface area (TPSA) is 122 Å². The van der Waals surface area contributed by atoms with Crippen LogP contribution < -0.4 is 21.9 Å². The maximum Gasteiger partial charge on any atom is 0.332 e. The number of piperidine rings is 2. The largest absolute Gasteiger partial charge is 0.368 e. The number of amides is 1. The molecule has 4 rings (SSSR count). The minimum Gasteiger partial charge on any atom is -0.368 e. The molecule has 0 atom stereocenters. The van der Waals surface area contributed by atoms with Gasteiger partial charge in [-0.2, -0.15) is 4.98 Å². The van der Waals surface area contributed by atoms with E-state index in [1.54, 1.807) is 7.05 Å². The Morgan fingerprint density at radius 2 is 1.68 bits per heavy atom. The summed E-state index contributed by atoms with van der Waals surface area (Å²) in [4.78, 5) is 48.7. The quantitative estimate of drug-likeness (QED) is 0.714. The fourth-order valence-electron chi connectivity index (χ4n) is 4.59. The summed E-state index contributed by atoms with van der Waals surface area (Å²) in [5.41, 5.74) is 5.08. The van der Waals surface area contributed by atoms with Crippen LogP contribution >= 0.6 is 0 Å². The minimum absolute atomic E-state index is 0.255. The molecular weight excluding hydrogens is 362 g/mol. The first kappa shape index (κ1) is 18.7. The van der Waals surface area contributed by atoms with Crippen LogP contribution in [0.15, 0.2) is 9.59 Å². The third-order valence-corrected chi connectivity index (χ3v) is 6.39. The number of carbonyl (C=O) groups excluding carboxylic acids is 1. The number of likely N-dealkylation sites (tertiary alicyclic amines) is 1. The minimum atomic E-state index is -0.605. The Kier molecular flexibility index (Phi) is 4.53. The highest BCUT2D eigenvalue weighted by Gasteiger charge is 2.45. The number of H-pyrrole nitrogens is 1. The maximum atomic E-state index is 12.4. The van der Waals surface area contributed by atoms with Gasteiger partial charge in [0.2, 0.25) is 11.9 Å². The predicted molar refractivity (Wildman–Crippen MR) is 105 cm³/mol. The molecule has 0 saturated carbocycles. The third-order valence-electron chi connectivity index (χ3n) is 6.39. The van der Waals surface area contributed by atoms with Crippen LogP contribution in [0.4, 0.5) is 5.95 Å². The van der Waals surface area contributed by atoms with Gasteiger partial charge in [0.1, 0.15) is 5.54 Å². The van der Waals surface area contributed by atoms with Crippen LogP contribution in [0.2, 0.25) is 0 Å². The normalized spacial score (nSPS) is 20.6. The Morgan fingerprint density at radius 1 is 1.04 bits per heavy atom. The Bertz CT molecular complexity index is 1020. The maximum absolute atomic E-state index is 12.4. The van der Waals surface area contributed by atoms with Crippen LogP contribution in [0.1, 0.15) is 32.1 Å². The summed E-state index contributed by atoms with van der Waals surface area (Å²) >= 11 is 0. The zero-order valence-corrected chi connectivity index (χ0v) is 16.4. The number of carbonyl (C=O) groups is 1. The molecule has 1 amide bonds. The first-order valence-corrected chi connectivity index (χ1v) is 9.81. The fraction of sp³-hybridized carbons (Fsp3) is 0.667. The fourth-order valence-corrected chi connectivity index (χ4v) is 4.59. The molecule has 0 aromatic carbocycles.